The SMILES string of the molecule is COc1c(C)cc(C)cc1N=C(N)N. The van der Waals surface area contributed by atoms with Crippen LogP contribution in [0.4, 0.5) is 5.69 Å². The summed E-state index contributed by atoms with van der Waals surface area (Å²) in [4.78, 5) is 4.00. The number of nitrogens with zero attached hydrogens (tertiary/aromatic N) is 1. The molecule has 0 bridgehead atoms. The third kappa shape index (κ3) is 2.16. The second-order valence-electron chi connectivity index (χ2n) is 3.17. The van der Waals surface area contributed by atoms with Crippen molar-refractivity contribution in [2.24, 2.45) is 16.5 Å². The lowest BCUT2D eigenvalue weighted by Crippen LogP contribution is -2.22. The molecular weight excluding hydrogens is 178 g/mol. The van der Waals surface area contributed by atoms with E-state index in [2.05, 4.69) is 4.99 Å². The molecular formula is C10H15N3O. The summed E-state index contributed by atoms with van der Waals surface area (Å²) in [6, 6.07) is 3.90. The lowest BCUT2D eigenvalue weighted by atomic mass is 10.1. The van der Waals surface area contributed by atoms with Gasteiger partial charge in [0.1, 0.15) is 11.4 Å². The smallest absolute Gasteiger partial charge is 0.191 e. The van der Waals surface area contributed by atoms with Crippen molar-refractivity contribution in [3.8, 4) is 5.75 Å². The average molecular weight is 193 g/mol. The van der Waals surface area contributed by atoms with Crippen molar-refractivity contribution >= 4 is 11.6 Å². The number of ether oxygens (including phenoxy) is 1. The molecule has 0 aromatic heterocycles. The Labute approximate surface area is 83.6 Å². The molecule has 0 amide bonds. The summed E-state index contributed by atoms with van der Waals surface area (Å²) in [5.74, 6) is 0.748. The average Bonchev–Trinajstić information content (AvgIpc) is 2.01. The van der Waals surface area contributed by atoms with E-state index in [1.807, 2.05) is 26.0 Å². The van der Waals surface area contributed by atoms with Crippen LogP contribution in [0.15, 0.2) is 17.1 Å². The molecule has 0 heterocycles. The summed E-state index contributed by atoms with van der Waals surface area (Å²) in [5.41, 5.74) is 13.4. The second kappa shape index (κ2) is 4.00. The fourth-order valence-electron chi connectivity index (χ4n) is 1.42. The lowest BCUT2D eigenvalue weighted by Gasteiger charge is -2.09. The molecule has 0 radical (unpaired) electrons. The van der Waals surface area contributed by atoms with Crippen LogP contribution in [0.25, 0.3) is 0 Å². The largest absolute Gasteiger partial charge is 0.494 e. The third-order valence-corrected chi connectivity index (χ3v) is 1.85. The zero-order valence-electron chi connectivity index (χ0n) is 8.66. The topological polar surface area (TPSA) is 73.6 Å². The monoisotopic (exact) mass is 193 g/mol. The molecule has 14 heavy (non-hydrogen) atoms. The van der Waals surface area contributed by atoms with E-state index in [9.17, 15) is 0 Å². The minimum Gasteiger partial charge on any atom is -0.494 e. The Morgan fingerprint density at radius 2 is 1.93 bits per heavy atom. The van der Waals surface area contributed by atoms with E-state index >= 15 is 0 Å². The van der Waals surface area contributed by atoms with E-state index in [1.54, 1.807) is 7.11 Å². The Bertz CT molecular complexity index is 368. The summed E-state index contributed by atoms with van der Waals surface area (Å²) >= 11 is 0. The van der Waals surface area contributed by atoms with Crippen LogP contribution in [-0.2, 0) is 0 Å². The van der Waals surface area contributed by atoms with Gasteiger partial charge in [0.05, 0.1) is 7.11 Å². The second-order valence-corrected chi connectivity index (χ2v) is 3.17. The molecule has 0 aliphatic carbocycles. The van der Waals surface area contributed by atoms with Crippen LogP contribution in [0.3, 0.4) is 0 Å². The number of hydrogen-bond acceptors (Lipinski definition) is 2. The lowest BCUT2D eigenvalue weighted by molar-refractivity contribution is 0.413. The maximum Gasteiger partial charge on any atom is 0.191 e. The summed E-state index contributed by atoms with van der Waals surface area (Å²) in [6.07, 6.45) is 0. The fourth-order valence-corrected chi connectivity index (χ4v) is 1.42. The molecule has 0 aliphatic rings. The maximum absolute atomic E-state index is 5.32. The molecule has 4 N–H and O–H groups in total. The van der Waals surface area contributed by atoms with Crippen molar-refractivity contribution in [2.75, 3.05) is 7.11 Å². The highest BCUT2D eigenvalue weighted by Crippen LogP contribution is 2.31. The minimum atomic E-state index is 0.0355. The molecule has 76 valence electrons. The Morgan fingerprint density at radius 3 is 2.43 bits per heavy atom. The number of guanidine groups is 1. The standard InChI is InChI=1S/C10H15N3O/c1-6-4-7(2)9(14-3)8(5-6)13-10(11)12/h4-5H,1-3H3,(H4,11,12,13). The highest BCUT2D eigenvalue weighted by molar-refractivity contribution is 5.80. The predicted octanol–water partition coefficient (Wildman–Crippen LogP) is 1.22. The first kappa shape index (κ1) is 10.4. The number of hydrogen-bond donors (Lipinski definition) is 2. The predicted molar refractivity (Wildman–Crippen MR) is 57.9 cm³/mol. The van der Waals surface area contributed by atoms with Gasteiger partial charge in [0, 0.05) is 0 Å². The van der Waals surface area contributed by atoms with Crippen molar-refractivity contribution in [3.63, 3.8) is 0 Å². The Morgan fingerprint density at radius 1 is 1.29 bits per heavy atom. The summed E-state index contributed by atoms with van der Waals surface area (Å²) in [7, 11) is 1.60. The number of nitrogens with two attached hydrogens (primary N) is 2. The molecule has 0 saturated carbocycles. The normalized spacial score (nSPS) is 9.64. The molecule has 0 saturated heterocycles. The first-order valence-corrected chi connectivity index (χ1v) is 4.29. The summed E-state index contributed by atoms with van der Waals surface area (Å²) in [6.45, 7) is 3.94. The van der Waals surface area contributed by atoms with E-state index in [1.165, 1.54) is 0 Å². The molecule has 4 heteroatoms. The molecule has 1 rings (SSSR count). The van der Waals surface area contributed by atoms with Crippen molar-refractivity contribution in [2.45, 2.75) is 13.8 Å². The first-order valence-electron chi connectivity index (χ1n) is 4.29. The highest BCUT2D eigenvalue weighted by Gasteiger charge is 2.06. The minimum absolute atomic E-state index is 0.0355. The molecule has 1 aromatic rings. The van der Waals surface area contributed by atoms with Crippen LogP contribution >= 0.6 is 0 Å². The highest BCUT2D eigenvalue weighted by atomic mass is 16.5. The van der Waals surface area contributed by atoms with Gasteiger partial charge in [-0.3, -0.25) is 0 Å². The van der Waals surface area contributed by atoms with Gasteiger partial charge in [0.15, 0.2) is 5.96 Å². The Kier molecular flexibility index (Phi) is 2.96. The maximum atomic E-state index is 5.32. The Balaban J connectivity index is 3.32. The number of rotatable bonds is 2. The van der Waals surface area contributed by atoms with Crippen LogP contribution in [0.2, 0.25) is 0 Å². The number of methoxy groups -OCH3 is 1. The third-order valence-electron chi connectivity index (χ3n) is 1.85. The van der Waals surface area contributed by atoms with Gasteiger partial charge in [0.25, 0.3) is 0 Å². The molecule has 0 atom stereocenters. The van der Waals surface area contributed by atoms with E-state index < -0.39 is 0 Å². The van der Waals surface area contributed by atoms with E-state index in [-0.39, 0.29) is 5.96 Å². The molecule has 0 unspecified atom stereocenters. The molecule has 0 spiro atoms. The first-order chi connectivity index (χ1) is 6.54. The zero-order chi connectivity index (χ0) is 10.7. The van der Waals surface area contributed by atoms with E-state index in [0.29, 0.717) is 11.4 Å². The Hall–Kier alpha value is -1.71. The number of aryl methyl sites for hydroxylation is 2. The van der Waals surface area contributed by atoms with E-state index in [4.69, 9.17) is 16.2 Å². The van der Waals surface area contributed by atoms with Gasteiger partial charge in [-0.15, -0.1) is 0 Å². The molecule has 4 nitrogen and oxygen atoms in total. The number of benzene rings is 1. The van der Waals surface area contributed by atoms with Gasteiger partial charge in [0.2, 0.25) is 0 Å². The van der Waals surface area contributed by atoms with Crippen molar-refractivity contribution in [1.29, 1.82) is 0 Å². The van der Waals surface area contributed by atoms with Crippen LogP contribution in [-0.4, -0.2) is 13.1 Å². The van der Waals surface area contributed by atoms with Crippen molar-refractivity contribution in [3.05, 3.63) is 23.3 Å². The van der Waals surface area contributed by atoms with Gasteiger partial charge in [-0.05, 0) is 31.0 Å². The van der Waals surface area contributed by atoms with Crippen LogP contribution in [0.5, 0.6) is 5.75 Å². The zero-order valence-corrected chi connectivity index (χ0v) is 8.66. The summed E-state index contributed by atoms with van der Waals surface area (Å²) < 4.78 is 5.21. The van der Waals surface area contributed by atoms with Crippen LogP contribution in [0, 0.1) is 13.8 Å². The molecule has 0 fully saturated rings. The van der Waals surface area contributed by atoms with E-state index in [0.717, 1.165) is 11.1 Å². The quantitative estimate of drug-likeness (QED) is 0.547. The van der Waals surface area contributed by atoms with Crippen LogP contribution < -0.4 is 16.2 Å². The van der Waals surface area contributed by atoms with Crippen molar-refractivity contribution in [1.82, 2.24) is 0 Å². The van der Waals surface area contributed by atoms with Crippen LogP contribution in [0.1, 0.15) is 11.1 Å². The van der Waals surface area contributed by atoms with Gasteiger partial charge < -0.3 is 16.2 Å². The van der Waals surface area contributed by atoms with Crippen molar-refractivity contribution < 1.29 is 4.74 Å². The molecule has 0 aliphatic heterocycles. The van der Waals surface area contributed by atoms with Gasteiger partial charge in [-0.2, -0.15) is 0 Å². The van der Waals surface area contributed by atoms with Gasteiger partial charge in [-0.1, -0.05) is 6.07 Å². The fraction of sp³-hybridized carbons (Fsp3) is 0.300. The van der Waals surface area contributed by atoms with Gasteiger partial charge in [-0.25, -0.2) is 4.99 Å². The molecule has 1 aromatic carbocycles. The van der Waals surface area contributed by atoms with Gasteiger partial charge >= 0.3 is 0 Å². The number of aliphatic imine (C=N–C) groups is 1. The summed E-state index contributed by atoms with van der Waals surface area (Å²) in [5, 5.41) is 0.